The van der Waals surface area contributed by atoms with Gasteiger partial charge in [0.25, 0.3) is 0 Å². The largest absolute Gasteiger partial charge is 0.478 e. The van der Waals surface area contributed by atoms with Crippen LogP contribution in [0, 0.1) is 5.82 Å². The molecule has 0 radical (unpaired) electrons. The van der Waals surface area contributed by atoms with Gasteiger partial charge in [0.1, 0.15) is 30.1 Å². The summed E-state index contributed by atoms with van der Waals surface area (Å²) in [5.74, 6) is 0.515. The molecule has 0 unspecified atom stereocenters. The molecule has 1 aromatic heterocycles. The van der Waals surface area contributed by atoms with Crippen LogP contribution in [0.4, 0.5) is 4.39 Å². The highest BCUT2D eigenvalue weighted by Gasteiger charge is 2.22. The SMILES string of the molecule is O=c1c(-c2ccccc2)coc2c3c(ccc12)OCN(CCc1ccc(F)cc1)C3. The van der Waals surface area contributed by atoms with E-state index in [-0.39, 0.29) is 11.2 Å². The first kappa shape index (κ1) is 18.6. The smallest absolute Gasteiger partial charge is 0.200 e. The zero-order valence-electron chi connectivity index (χ0n) is 16.3. The van der Waals surface area contributed by atoms with Crippen molar-refractivity contribution in [2.45, 2.75) is 13.0 Å². The van der Waals surface area contributed by atoms with Crippen molar-refractivity contribution in [2.24, 2.45) is 0 Å². The van der Waals surface area contributed by atoms with E-state index in [0.29, 0.717) is 29.8 Å². The number of hydrogen-bond acceptors (Lipinski definition) is 4. The van der Waals surface area contributed by atoms with E-state index in [2.05, 4.69) is 4.90 Å². The monoisotopic (exact) mass is 401 g/mol. The first-order valence-corrected chi connectivity index (χ1v) is 9.91. The number of benzene rings is 3. The van der Waals surface area contributed by atoms with Gasteiger partial charge in [0, 0.05) is 13.1 Å². The molecule has 5 rings (SSSR count). The Balaban J connectivity index is 1.43. The Hall–Kier alpha value is -3.44. The van der Waals surface area contributed by atoms with Crippen molar-refractivity contribution in [3.8, 4) is 16.9 Å². The van der Waals surface area contributed by atoms with Crippen molar-refractivity contribution in [2.75, 3.05) is 13.3 Å². The predicted molar refractivity (Wildman–Crippen MR) is 114 cm³/mol. The molecule has 5 heteroatoms. The number of hydrogen-bond donors (Lipinski definition) is 0. The van der Waals surface area contributed by atoms with Gasteiger partial charge in [0.05, 0.1) is 16.5 Å². The molecule has 2 heterocycles. The second-order valence-electron chi connectivity index (χ2n) is 7.47. The molecular weight excluding hydrogens is 381 g/mol. The molecule has 0 bridgehead atoms. The minimum Gasteiger partial charge on any atom is -0.478 e. The number of fused-ring (bicyclic) bond motifs is 3. The van der Waals surface area contributed by atoms with E-state index in [1.165, 1.54) is 18.4 Å². The summed E-state index contributed by atoms with van der Waals surface area (Å²) in [6.07, 6.45) is 2.32. The highest BCUT2D eigenvalue weighted by Crippen LogP contribution is 2.32. The summed E-state index contributed by atoms with van der Waals surface area (Å²) < 4.78 is 25.0. The van der Waals surface area contributed by atoms with E-state index in [0.717, 1.165) is 35.4 Å². The van der Waals surface area contributed by atoms with Crippen LogP contribution in [0.3, 0.4) is 0 Å². The highest BCUT2D eigenvalue weighted by molar-refractivity contribution is 5.85. The first-order chi connectivity index (χ1) is 14.7. The summed E-state index contributed by atoms with van der Waals surface area (Å²) in [5, 5.41) is 0.555. The normalized spacial score (nSPS) is 13.8. The van der Waals surface area contributed by atoms with Gasteiger partial charge in [-0.3, -0.25) is 9.69 Å². The zero-order valence-corrected chi connectivity index (χ0v) is 16.3. The maximum Gasteiger partial charge on any atom is 0.200 e. The van der Waals surface area contributed by atoms with Crippen LogP contribution in [-0.4, -0.2) is 18.2 Å². The molecular formula is C25H20FNO3. The second kappa shape index (κ2) is 7.76. The molecule has 1 aliphatic heterocycles. The molecule has 0 aliphatic carbocycles. The topological polar surface area (TPSA) is 42.7 Å². The summed E-state index contributed by atoms with van der Waals surface area (Å²) in [4.78, 5) is 15.2. The first-order valence-electron chi connectivity index (χ1n) is 9.91. The Morgan fingerprint density at radius 2 is 1.77 bits per heavy atom. The Morgan fingerprint density at radius 3 is 2.57 bits per heavy atom. The second-order valence-corrected chi connectivity index (χ2v) is 7.47. The molecule has 30 heavy (non-hydrogen) atoms. The lowest BCUT2D eigenvalue weighted by atomic mass is 10.0. The Kier molecular flexibility index (Phi) is 4.81. The van der Waals surface area contributed by atoms with Crippen molar-refractivity contribution in [1.82, 2.24) is 4.90 Å². The molecule has 4 aromatic rings. The average molecular weight is 401 g/mol. The maximum atomic E-state index is 13.1. The molecule has 0 fully saturated rings. The van der Waals surface area contributed by atoms with E-state index in [4.69, 9.17) is 9.15 Å². The third-order valence-corrected chi connectivity index (χ3v) is 5.50. The van der Waals surface area contributed by atoms with Gasteiger partial charge in [-0.2, -0.15) is 0 Å². The average Bonchev–Trinajstić information content (AvgIpc) is 2.79. The third kappa shape index (κ3) is 3.48. The fraction of sp³-hybridized carbons (Fsp3) is 0.160. The summed E-state index contributed by atoms with van der Waals surface area (Å²) >= 11 is 0. The minimum atomic E-state index is -0.231. The molecule has 3 aromatic carbocycles. The Bertz CT molecular complexity index is 1250. The van der Waals surface area contributed by atoms with Crippen LogP contribution >= 0.6 is 0 Å². The highest BCUT2D eigenvalue weighted by atomic mass is 19.1. The fourth-order valence-corrected chi connectivity index (χ4v) is 3.85. The van der Waals surface area contributed by atoms with Gasteiger partial charge in [0.2, 0.25) is 5.43 Å². The molecule has 4 nitrogen and oxygen atoms in total. The van der Waals surface area contributed by atoms with Gasteiger partial charge in [-0.1, -0.05) is 42.5 Å². The molecule has 0 amide bonds. The summed E-state index contributed by atoms with van der Waals surface area (Å²) in [5.41, 5.74) is 3.86. The van der Waals surface area contributed by atoms with Crippen LogP contribution < -0.4 is 10.2 Å². The lowest BCUT2D eigenvalue weighted by Crippen LogP contribution is -2.33. The van der Waals surface area contributed by atoms with Crippen LogP contribution in [0.2, 0.25) is 0 Å². The lowest BCUT2D eigenvalue weighted by molar-refractivity contribution is 0.0968. The van der Waals surface area contributed by atoms with Crippen molar-refractivity contribution >= 4 is 11.0 Å². The molecule has 0 saturated carbocycles. The lowest BCUT2D eigenvalue weighted by Gasteiger charge is -2.29. The molecule has 0 spiro atoms. The van der Waals surface area contributed by atoms with Gasteiger partial charge >= 0.3 is 0 Å². The third-order valence-electron chi connectivity index (χ3n) is 5.50. The quantitative estimate of drug-likeness (QED) is 0.483. The van der Waals surface area contributed by atoms with E-state index >= 15 is 0 Å². The van der Waals surface area contributed by atoms with Crippen molar-refractivity contribution in [3.05, 3.63) is 100 Å². The zero-order chi connectivity index (χ0) is 20.5. The number of nitrogens with zero attached hydrogens (tertiary/aromatic N) is 1. The van der Waals surface area contributed by atoms with E-state index < -0.39 is 0 Å². The van der Waals surface area contributed by atoms with Crippen molar-refractivity contribution < 1.29 is 13.5 Å². The van der Waals surface area contributed by atoms with E-state index in [9.17, 15) is 9.18 Å². The predicted octanol–water partition coefficient (Wildman–Crippen LogP) is 4.99. The fourth-order valence-electron chi connectivity index (χ4n) is 3.85. The van der Waals surface area contributed by atoms with E-state index in [1.54, 1.807) is 18.2 Å². The molecule has 0 N–H and O–H groups in total. The molecule has 150 valence electrons. The van der Waals surface area contributed by atoms with Crippen LogP contribution in [0.5, 0.6) is 5.75 Å². The van der Waals surface area contributed by atoms with Gasteiger partial charge in [-0.25, -0.2) is 4.39 Å². The van der Waals surface area contributed by atoms with Gasteiger partial charge in [0.15, 0.2) is 0 Å². The number of rotatable bonds is 4. The minimum absolute atomic E-state index is 0.0475. The van der Waals surface area contributed by atoms with Crippen LogP contribution in [0.25, 0.3) is 22.1 Å². The van der Waals surface area contributed by atoms with E-state index in [1.807, 2.05) is 36.4 Å². The van der Waals surface area contributed by atoms with Crippen LogP contribution in [-0.2, 0) is 13.0 Å². The standard InChI is InChI=1S/C25H20FNO3/c26-19-8-6-17(7-9-19)12-13-27-14-21-23(30-16-27)11-10-20-24(28)22(15-29-25(20)21)18-4-2-1-3-5-18/h1-11,15H,12-14,16H2. The van der Waals surface area contributed by atoms with Gasteiger partial charge < -0.3 is 9.15 Å². The molecule has 1 aliphatic rings. The summed E-state index contributed by atoms with van der Waals surface area (Å²) in [7, 11) is 0. The van der Waals surface area contributed by atoms with Crippen LogP contribution in [0.1, 0.15) is 11.1 Å². The Morgan fingerprint density at radius 1 is 0.967 bits per heavy atom. The van der Waals surface area contributed by atoms with Gasteiger partial charge in [-0.15, -0.1) is 0 Å². The molecule has 0 saturated heterocycles. The summed E-state index contributed by atoms with van der Waals surface area (Å²) in [6, 6.07) is 19.7. The maximum absolute atomic E-state index is 13.1. The van der Waals surface area contributed by atoms with Crippen molar-refractivity contribution in [1.29, 1.82) is 0 Å². The summed E-state index contributed by atoms with van der Waals surface area (Å²) in [6.45, 7) is 1.85. The van der Waals surface area contributed by atoms with Crippen molar-refractivity contribution in [3.63, 3.8) is 0 Å². The number of ether oxygens (including phenoxy) is 1. The Labute approximate surface area is 173 Å². The molecule has 0 atom stereocenters. The number of halogens is 1. The van der Waals surface area contributed by atoms with Crippen LogP contribution in [0.15, 0.2) is 82.2 Å². The van der Waals surface area contributed by atoms with Gasteiger partial charge in [-0.05, 0) is 41.8 Å².